The van der Waals surface area contributed by atoms with E-state index in [1.54, 1.807) is 0 Å². The zero-order valence-electron chi connectivity index (χ0n) is 14.9. The first-order valence-corrected chi connectivity index (χ1v) is 8.89. The molecule has 0 aliphatic heterocycles. The summed E-state index contributed by atoms with van der Waals surface area (Å²) >= 11 is 0. The van der Waals surface area contributed by atoms with Gasteiger partial charge in [0.25, 0.3) is 0 Å². The van der Waals surface area contributed by atoms with E-state index in [9.17, 15) is 4.79 Å². The standard InChI is InChI=1S/C22H32O2/c1-2-3-4-5-6-7-8-9-10-11-12-13-14-15-16-17-18-19-20-21-22(23)24/h3-4,6-7,9-10,12-13,15-16,18-19H,2,5,8,11,14,17,20-21H2,1H3,(H,23,24)/b4-3+,7-6+,10-9+,13-12+,16-15+,19-18?. The molecule has 2 nitrogen and oxygen atoms in total. The quantitative estimate of drug-likeness (QED) is 0.367. The molecule has 132 valence electrons. The van der Waals surface area contributed by atoms with E-state index in [-0.39, 0.29) is 6.42 Å². The van der Waals surface area contributed by atoms with Gasteiger partial charge >= 0.3 is 5.97 Å². The van der Waals surface area contributed by atoms with Crippen LogP contribution in [0.25, 0.3) is 0 Å². The number of carboxylic acid groups (broad SMARTS) is 1. The zero-order chi connectivity index (χ0) is 17.7. The van der Waals surface area contributed by atoms with Crippen LogP contribution in [0.1, 0.15) is 58.3 Å². The Morgan fingerprint density at radius 1 is 0.625 bits per heavy atom. The SMILES string of the molecule is CC/C=C/C/C=C/C/C=C/C/C=C/C/C=C/CC=CCCC(=O)O. The number of carboxylic acids is 1. The molecule has 0 aromatic carbocycles. The number of rotatable bonds is 14. The molecule has 0 rings (SSSR count). The lowest BCUT2D eigenvalue weighted by Gasteiger charge is -1.87. The lowest BCUT2D eigenvalue weighted by molar-refractivity contribution is -0.136. The molecule has 0 unspecified atom stereocenters. The fraction of sp³-hybridized carbons (Fsp3) is 0.409. The molecule has 0 aromatic heterocycles. The van der Waals surface area contributed by atoms with E-state index in [0.717, 1.165) is 38.5 Å². The van der Waals surface area contributed by atoms with Crippen LogP contribution in [-0.4, -0.2) is 11.1 Å². The molecule has 0 aromatic rings. The van der Waals surface area contributed by atoms with Gasteiger partial charge in [-0.2, -0.15) is 0 Å². The van der Waals surface area contributed by atoms with Gasteiger partial charge in [0.1, 0.15) is 0 Å². The molecule has 0 radical (unpaired) electrons. The van der Waals surface area contributed by atoms with Crippen LogP contribution in [0.3, 0.4) is 0 Å². The maximum Gasteiger partial charge on any atom is 0.303 e. The van der Waals surface area contributed by atoms with E-state index >= 15 is 0 Å². The zero-order valence-corrected chi connectivity index (χ0v) is 14.9. The minimum Gasteiger partial charge on any atom is -0.481 e. The smallest absolute Gasteiger partial charge is 0.303 e. The normalized spacial score (nSPS) is 13.0. The summed E-state index contributed by atoms with van der Waals surface area (Å²) in [5.41, 5.74) is 0. The molecule has 0 fully saturated rings. The van der Waals surface area contributed by atoms with Crippen molar-refractivity contribution in [3.8, 4) is 0 Å². The average Bonchev–Trinajstić information content (AvgIpc) is 2.56. The van der Waals surface area contributed by atoms with Crippen molar-refractivity contribution >= 4 is 5.97 Å². The highest BCUT2D eigenvalue weighted by Crippen LogP contribution is 1.97. The monoisotopic (exact) mass is 328 g/mol. The van der Waals surface area contributed by atoms with Crippen molar-refractivity contribution in [2.75, 3.05) is 0 Å². The molecule has 0 heterocycles. The van der Waals surface area contributed by atoms with E-state index in [4.69, 9.17) is 5.11 Å². The van der Waals surface area contributed by atoms with Crippen molar-refractivity contribution in [1.29, 1.82) is 0 Å². The molecule has 24 heavy (non-hydrogen) atoms. The third kappa shape index (κ3) is 19.9. The minimum atomic E-state index is -0.741. The summed E-state index contributed by atoms with van der Waals surface area (Å²) in [5.74, 6) is -0.741. The van der Waals surface area contributed by atoms with Crippen molar-refractivity contribution in [1.82, 2.24) is 0 Å². The summed E-state index contributed by atoms with van der Waals surface area (Å²) in [7, 11) is 0. The lowest BCUT2D eigenvalue weighted by atomic mass is 10.2. The Balaban J connectivity index is 3.51. The second-order valence-electron chi connectivity index (χ2n) is 5.35. The van der Waals surface area contributed by atoms with Gasteiger partial charge in [0, 0.05) is 6.42 Å². The van der Waals surface area contributed by atoms with E-state index < -0.39 is 5.97 Å². The van der Waals surface area contributed by atoms with Crippen molar-refractivity contribution in [2.45, 2.75) is 58.3 Å². The summed E-state index contributed by atoms with van der Waals surface area (Å²) in [6.45, 7) is 2.15. The molecule has 0 spiro atoms. The van der Waals surface area contributed by atoms with Crippen LogP contribution in [0.4, 0.5) is 0 Å². The Morgan fingerprint density at radius 2 is 0.958 bits per heavy atom. The summed E-state index contributed by atoms with van der Waals surface area (Å²) in [6, 6.07) is 0. The fourth-order valence-electron chi connectivity index (χ4n) is 1.85. The van der Waals surface area contributed by atoms with E-state index in [2.05, 4.69) is 67.7 Å². The van der Waals surface area contributed by atoms with E-state index in [0.29, 0.717) is 6.42 Å². The van der Waals surface area contributed by atoms with E-state index in [1.165, 1.54) is 0 Å². The number of allylic oxidation sites excluding steroid dienone is 12. The van der Waals surface area contributed by atoms with Gasteiger partial charge in [-0.05, 0) is 44.9 Å². The van der Waals surface area contributed by atoms with Gasteiger partial charge in [0.15, 0.2) is 0 Å². The molecule has 2 heteroatoms. The highest BCUT2D eigenvalue weighted by Gasteiger charge is 1.90. The van der Waals surface area contributed by atoms with Crippen LogP contribution in [0.15, 0.2) is 72.9 Å². The van der Waals surface area contributed by atoms with Crippen LogP contribution in [0, 0.1) is 0 Å². The number of aliphatic carboxylic acids is 1. The second kappa shape index (κ2) is 19.0. The largest absolute Gasteiger partial charge is 0.481 e. The number of hydrogen-bond acceptors (Lipinski definition) is 1. The van der Waals surface area contributed by atoms with Crippen molar-refractivity contribution < 1.29 is 9.90 Å². The van der Waals surface area contributed by atoms with Crippen molar-refractivity contribution in [2.24, 2.45) is 0 Å². The minimum absolute atomic E-state index is 0.210. The van der Waals surface area contributed by atoms with Gasteiger partial charge in [0.2, 0.25) is 0 Å². The van der Waals surface area contributed by atoms with Crippen LogP contribution in [0.2, 0.25) is 0 Å². The molecule has 0 aliphatic carbocycles. The maximum absolute atomic E-state index is 10.3. The van der Waals surface area contributed by atoms with Crippen LogP contribution in [0.5, 0.6) is 0 Å². The van der Waals surface area contributed by atoms with Gasteiger partial charge in [-0.25, -0.2) is 0 Å². The summed E-state index contributed by atoms with van der Waals surface area (Å²) in [4.78, 5) is 10.3. The highest BCUT2D eigenvalue weighted by atomic mass is 16.4. The Kier molecular flexibility index (Phi) is 17.3. The second-order valence-corrected chi connectivity index (χ2v) is 5.35. The molecular weight excluding hydrogens is 296 g/mol. The first-order chi connectivity index (χ1) is 11.8. The first kappa shape index (κ1) is 21.9. The Labute approximate surface area is 147 Å². The van der Waals surface area contributed by atoms with Gasteiger partial charge in [-0.3, -0.25) is 4.79 Å². The van der Waals surface area contributed by atoms with Gasteiger partial charge in [-0.1, -0.05) is 79.8 Å². The molecule has 0 aliphatic rings. The summed E-state index contributed by atoms with van der Waals surface area (Å²) in [5, 5.41) is 8.49. The molecule has 0 amide bonds. The topological polar surface area (TPSA) is 37.3 Å². The molecule has 0 bridgehead atoms. The van der Waals surface area contributed by atoms with Crippen molar-refractivity contribution in [3.05, 3.63) is 72.9 Å². The molecule has 0 saturated carbocycles. The average molecular weight is 328 g/mol. The molecule has 0 saturated heterocycles. The molecule has 1 N–H and O–H groups in total. The predicted molar refractivity (Wildman–Crippen MR) is 105 cm³/mol. The first-order valence-electron chi connectivity index (χ1n) is 8.89. The predicted octanol–water partition coefficient (Wildman–Crippen LogP) is 6.55. The van der Waals surface area contributed by atoms with Gasteiger partial charge in [-0.15, -0.1) is 0 Å². The number of hydrogen-bond donors (Lipinski definition) is 1. The maximum atomic E-state index is 10.3. The summed E-state index contributed by atoms with van der Waals surface area (Å²) in [6.07, 6.45) is 32.5. The van der Waals surface area contributed by atoms with E-state index in [1.807, 2.05) is 12.2 Å². The Morgan fingerprint density at radius 3 is 1.29 bits per heavy atom. The van der Waals surface area contributed by atoms with Gasteiger partial charge in [0.05, 0.1) is 0 Å². The fourth-order valence-corrected chi connectivity index (χ4v) is 1.85. The van der Waals surface area contributed by atoms with Crippen LogP contribution < -0.4 is 0 Å². The van der Waals surface area contributed by atoms with Crippen LogP contribution >= 0.6 is 0 Å². The highest BCUT2D eigenvalue weighted by molar-refractivity contribution is 5.66. The lowest BCUT2D eigenvalue weighted by Crippen LogP contribution is -1.91. The third-order valence-corrected chi connectivity index (χ3v) is 3.12. The van der Waals surface area contributed by atoms with Crippen LogP contribution in [-0.2, 0) is 4.79 Å². The van der Waals surface area contributed by atoms with Gasteiger partial charge < -0.3 is 5.11 Å². The molecular formula is C22H32O2. The third-order valence-electron chi connectivity index (χ3n) is 3.12. The Hall–Kier alpha value is -2.09. The molecule has 0 atom stereocenters. The van der Waals surface area contributed by atoms with Crippen molar-refractivity contribution in [3.63, 3.8) is 0 Å². The number of carbonyl (C=O) groups is 1. The summed E-state index contributed by atoms with van der Waals surface area (Å²) < 4.78 is 0. The Bertz CT molecular complexity index is 462.